The number of fused-ring (bicyclic) bond motifs is 1. The molecule has 0 saturated heterocycles. The highest BCUT2D eigenvalue weighted by molar-refractivity contribution is 7.80. The Morgan fingerprint density at radius 2 is 2.14 bits per heavy atom. The molecule has 0 fully saturated rings. The largest absolute Gasteiger partial charge is 0.391 e. The molecule has 0 unspecified atom stereocenters. The van der Waals surface area contributed by atoms with Crippen LogP contribution >= 0.6 is 12.6 Å². The Morgan fingerprint density at radius 1 is 1.36 bits per heavy atom. The Kier molecular flexibility index (Phi) is 2.32. The summed E-state index contributed by atoms with van der Waals surface area (Å²) in [7, 11) is 0. The zero-order chi connectivity index (χ0) is 10.1. The smallest absolute Gasteiger partial charge is 0.162 e. The summed E-state index contributed by atoms with van der Waals surface area (Å²) in [5, 5.41) is 22.4. The lowest BCUT2D eigenvalue weighted by Crippen LogP contribution is -1.99. The van der Waals surface area contributed by atoms with Gasteiger partial charge in [0.1, 0.15) is 5.03 Å². The number of aliphatic hydroxyl groups is 2. The Bertz CT molecular complexity index is 469. The second kappa shape index (κ2) is 3.49. The lowest BCUT2D eigenvalue weighted by molar-refractivity contribution is 0.275. The summed E-state index contributed by atoms with van der Waals surface area (Å²) in [6, 6.07) is 1.58. The van der Waals surface area contributed by atoms with Crippen molar-refractivity contribution in [1.82, 2.24) is 14.6 Å². The topological polar surface area (TPSA) is 70.7 Å². The molecule has 6 heteroatoms. The first-order chi connectivity index (χ1) is 6.76. The molecule has 0 amide bonds. The number of hydrogen-bond donors (Lipinski definition) is 2. The second-order valence-corrected chi connectivity index (χ2v) is 3.23. The number of aliphatic hydroxyl groups excluding tert-OH is 2. The molecule has 2 N–H and O–H groups in total. The highest BCUT2D eigenvalue weighted by Crippen LogP contribution is 2.14. The van der Waals surface area contributed by atoms with Crippen molar-refractivity contribution in [3.8, 4) is 0 Å². The van der Waals surface area contributed by atoms with Crippen molar-refractivity contribution in [1.29, 1.82) is 0 Å². The third-order valence-corrected chi connectivity index (χ3v) is 2.19. The Labute approximate surface area is 85.4 Å². The molecule has 0 atom stereocenters. The van der Waals surface area contributed by atoms with Crippen molar-refractivity contribution in [2.24, 2.45) is 0 Å². The average molecular weight is 210 g/mol. The van der Waals surface area contributed by atoms with Gasteiger partial charge in [-0.1, -0.05) is 12.6 Å². The van der Waals surface area contributed by atoms with E-state index in [2.05, 4.69) is 10.1 Å². The van der Waals surface area contributed by atoms with Gasteiger partial charge in [-0.15, -0.1) is 0 Å². The first-order valence-corrected chi connectivity index (χ1v) is 4.42. The Morgan fingerprint density at radius 3 is 2.79 bits per heavy atom. The summed E-state index contributed by atoms with van der Waals surface area (Å²) >= 11 is 5.04. The molecule has 0 spiro atoms. The molecule has 2 aromatic heterocycles. The van der Waals surface area contributed by atoms with Crippen molar-refractivity contribution in [3.63, 3.8) is 0 Å². The van der Waals surface area contributed by atoms with Gasteiger partial charge in [0.2, 0.25) is 0 Å². The number of nitrogens with zero attached hydrogens (tertiary/aromatic N) is 3. The van der Waals surface area contributed by atoms with Crippen LogP contribution in [0.5, 0.6) is 0 Å². The zero-order valence-electron chi connectivity index (χ0n) is 7.21. The normalized spacial score (nSPS) is 11.0. The molecule has 0 saturated carbocycles. The van der Waals surface area contributed by atoms with Crippen molar-refractivity contribution in [2.45, 2.75) is 18.2 Å². The van der Waals surface area contributed by atoms with Crippen LogP contribution in [0.25, 0.3) is 5.65 Å². The molecule has 0 aliphatic rings. The van der Waals surface area contributed by atoms with Gasteiger partial charge in [-0.05, 0) is 6.07 Å². The van der Waals surface area contributed by atoms with Crippen LogP contribution in [0.2, 0.25) is 0 Å². The van der Waals surface area contributed by atoms with E-state index in [1.54, 1.807) is 6.07 Å². The SMILES string of the molecule is OCc1cc([S])n2ncc(CO)c2n1. The Balaban J connectivity index is 2.73. The van der Waals surface area contributed by atoms with Crippen LogP contribution in [0.15, 0.2) is 17.3 Å². The molecule has 0 aliphatic carbocycles. The van der Waals surface area contributed by atoms with Gasteiger partial charge in [0.05, 0.1) is 25.1 Å². The lowest BCUT2D eigenvalue weighted by atomic mass is 10.3. The fourth-order valence-electron chi connectivity index (χ4n) is 1.22. The first kappa shape index (κ1) is 9.32. The van der Waals surface area contributed by atoms with Crippen LogP contribution < -0.4 is 0 Å². The maximum absolute atomic E-state index is 8.99. The summed E-state index contributed by atoms with van der Waals surface area (Å²) < 4.78 is 1.46. The molecule has 73 valence electrons. The standard InChI is InChI=1S/C8H8N3O2S/c12-3-5-2-9-11-7(14)1-6(4-13)10-8(5)11/h1-2,12-13H,3-4H2. The van der Waals surface area contributed by atoms with Crippen LogP contribution in [0.4, 0.5) is 0 Å². The van der Waals surface area contributed by atoms with Gasteiger partial charge in [-0.25, -0.2) is 9.50 Å². The fraction of sp³-hybridized carbons (Fsp3) is 0.250. The third-order valence-electron chi connectivity index (χ3n) is 1.90. The van der Waals surface area contributed by atoms with E-state index in [1.165, 1.54) is 10.7 Å². The van der Waals surface area contributed by atoms with Gasteiger partial charge in [0, 0.05) is 5.56 Å². The van der Waals surface area contributed by atoms with E-state index < -0.39 is 0 Å². The van der Waals surface area contributed by atoms with Crippen molar-refractivity contribution < 1.29 is 10.2 Å². The molecule has 0 bridgehead atoms. The fourth-order valence-corrected chi connectivity index (χ4v) is 1.49. The van der Waals surface area contributed by atoms with E-state index in [9.17, 15) is 0 Å². The van der Waals surface area contributed by atoms with Gasteiger partial charge in [-0.3, -0.25) is 0 Å². The second-order valence-electron chi connectivity index (χ2n) is 2.81. The molecular formula is C8H8N3O2S. The maximum atomic E-state index is 8.99. The summed E-state index contributed by atoms with van der Waals surface area (Å²) in [6.07, 6.45) is 1.51. The van der Waals surface area contributed by atoms with Crippen LogP contribution in [0, 0.1) is 0 Å². The minimum atomic E-state index is -0.170. The molecule has 5 nitrogen and oxygen atoms in total. The van der Waals surface area contributed by atoms with Crippen LogP contribution in [0.3, 0.4) is 0 Å². The highest BCUT2D eigenvalue weighted by atomic mass is 32.1. The molecule has 2 rings (SSSR count). The quantitative estimate of drug-likeness (QED) is 0.698. The van der Waals surface area contributed by atoms with Gasteiger partial charge in [0.25, 0.3) is 0 Å². The lowest BCUT2D eigenvalue weighted by Gasteiger charge is -2.00. The van der Waals surface area contributed by atoms with Gasteiger partial charge < -0.3 is 10.2 Å². The summed E-state index contributed by atoms with van der Waals surface area (Å²) in [4.78, 5) is 4.11. The van der Waals surface area contributed by atoms with Gasteiger partial charge >= 0.3 is 0 Å². The van der Waals surface area contributed by atoms with Crippen LogP contribution in [0.1, 0.15) is 11.3 Å². The molecule has 2 aromatic rings. The first-order valence-electron chi connectivity index (χ1n) is 4.01. The molecule has 14 heavy (non-hydrogen) atoms. The van der Waals surface area contributed by atoms with Crippen molar-refractivity contribution in [3.05, 3.63) is 23.5 Å². The molecular weight excluding hydrogens is 202 g/mol. The average Bonchev–Trinajstić information content (AvgIpc) is 2.61. The van der Waals surface area contributed by atoms with Gasteiger partial charge in [0.15, 0.2) is 5.65 Å². The van der Waals surface area contributed by atoms with E-state index in [-0.39, 0.29) is 13.2 Å². The van der Waals surface area contributed by atoms with Gasteiger partial charge in [-0.2, -0.15) is 5.10 Å². The van der Waals surface area contributed by atoms with E-state index in [0.29, 0.717) is 21.9 Å². The van der Waals surface area contributed by atoms with Crippen molar-refractivity contribution in [2.75, 3.05) is 0 Å². The third kappa shape index (κ3) is 1.33. The van der Waals surface area contributed by atoms with E-state index in [4.69, 9.17) is 22.8 Å². The maximum Gasteiger partial charge on any atom is 0.162 e. The van der Waals surface area contributed by atoms with Crippen LogP contribution in [-0.4, -0.2) is 24.8 Å². The summed E-state index contributed by atoms with van der Waals surface area (Å²) in [6.45, 7) is -0.309. The molecule has 0 aromatic carbocycles. The zero-order valence-corrected chi connectivity index (χ0v) is 8.03. The van der Waals surface area contributed by atoms with Crippen LogP contribution in [-0.2, 0) is 13.2 Å². The predicted octanol–water partition coefficient (Wildman–Crippen LogP) is 0.270. The Hall–Kier alpha value is -1.24. The minimum Gasteiger partial charge on any atom is -0.391 e. The predicted molar refractivity (Wildman–Crippen MR) is 50.7 cm³/mol. The minimum absolute atomic E-state index is 0.139. The van der Waals surface area contributed by atoms with E-state index in [1.807, 2.05) is 0 Å². The molecule has 2 heterocycles. The van der Waals surface area contributed by atoms with E-state index >= 15 is 0 Å². The number of aromatic nitrogens is 3. The van der Waals surface area contributed by atoms with E-state index in [0.717, 1.165) is 0 Å². The summed E-state index contributed by atoms with van der Waals surface area (Å²) in [5.74, 6) is 0. The molecule has 1 radical (unpaired) electrons. The monoisotopic (exact) mass is 210 g/mol. The number of hydrogen-bond acceptors (Lipinski definition) is 4. The number of rotatable bonds is 2. The molecule has 0 aliphatic heterocycles. The summed E-state index contributed by atoms with van der Waals surface area (Å²) in [5.41, 5.74) is 1.59. The highest BCUT2D eigenvalue weighted by Gasteiger charge is 2.08. The van der Waals surface area contributed by atoms with Crippen molar-refractivity contribution >= 4 is 18.3 Å².